The molecule has 1 unspecified atom stereocenters. The third-order valence-corrected chi connectivity index (χ3v) is 2.69. The summed E-state index contributed by atoms with van der Waals surface area (Å²) < 4.78 is 10.4. The predicted molar refractivity (Wildman–Crippen MR) is 68.2 cm³/mol. The van der Waals surface area contributed by atoms with Gasteiger partial charge in [0.1, 0.15) is 5.75 Å². The van der Waals surface area contributed by atoms with E-state index in [1.807, 2.05) is 19.1 Å². The van der Waals surface area contributed by atoms with E-state index in [4.69, 9.17) is 9.47 Å². The first kappa shape index (κ1) is 14.0. The number of ether oxygens (including phenoxy) is 2. The Balaban J connectivity index is 2.94. The van der Waals surface area contributed by atoms with Crippen LogP contribution in [0.25, 0.3) is 0 Å². The second kappa shape index (κ2) is 7.30. The minimum absolute atomic E-state index is 0.207. The van der Waals surface area contributed by atoms with E-state index in [9.17, 15) is 5.11 Å². The van der Waals surface area contributed by atoms with Crippen molar-refractivity contribution in [3.63, 3.8) is 0 Å². The zero-order valence-corrected chi connectivity index (χ0v) is 10.9. The second-order valence-electron chi connectivity index (χ2n) is 4.10. The molecular formula is C14H22O3. The van der Waals surface area contributed by atoms with Crippen LogP contribution in [-0.4, -0.2) is 19.0 Å². The summed E-state index contributed by atoms with van der Waals surface area (Å²) in [5.74, 6) is 0.729. The molecule has 3 nitrogen and oxygen atoms in total. The Kier molecular flexibility index (Phi) is 6.01. The second-order valence-corrected chi connectivity index (χ2v) is 4.10. The number of rotatable bonds is 7. The zero-order chi connectivity index (χ0) is 12.7. The van der Waals surface area contributed by atoms with E-state index in [2.05, 4.69) is 13.0 Å². The monoisotopic (exact) mass is 238 g/mol. The quantitative estimate of drug-likeness (QED) is 0.742. The Morgan fingerprint density at radius 1 is 1.29 bits per heavy atom. The van der Waals surface area contributed by atoms with Crippen molar-refractivity contribution in [2.24, 2.45) is 0 Å². The molecule has 3 heteroatoms. The van der Waals surface area contributed by atoms with Crippen molar-refractivity contribution in [3.8, 4) is 5.75 Å². The van der Waals surface area contributed by atoms with E-state index in [1.54, 1.807) is 7.11 Å². The lowest BCUT2D eigenvalue weighted by Gasteiger charge is -2.16. The summed E-state index contributed by atoms with van der Waals surface area (Å²) in [4.78, 5) is 0. The van der Waals surface area contributed by atoms with Crippen molar-refractivity contribution < 1.29 is 14.6 Å². The lowest BCUT2D eigenvalue weighted by atomic mass is 10.0. The van der Waals surface area contributed by atoms with Gasteiger partial charge in [-0.15, -0.1) is 0 Å². The van der Waals surface area contributed by atoms with Crippen LogP contribution in [0, 0.1) is 0 Å². The first-order valence-corrected chi connectivity index (χ1v) is 6.15. The van der Waals surface area contributed by atoms with Gasteiger partial charge >= 0.3 is 0 Å². The minimum atomic E-state index is -0.475. The molecule has 1 N–H and O–H groups in total. The van der Waals surface area contributed by atoms with Gasteiger partial charge in [-0.3, -0.25) is 0 Å². The molecule has 1 aromatic carbocycles. The van der Waals surface area contributed by atoms with Crippen LogP contribution >= 0.6 is 0 Å². The summed E-state index contributed by atoms with van der Waals surface area (Å²) >= 11 is 0. The Morgan fingerprint density at radius 2 is 2.06 bits per heavy atom. The topological polar surface area (TPSA) is 38.7 Å². The largest absolute Gasteiger partial charge is 0.467 e. The normalized spacial score (nSPS) is 12.5. The third kappa shape index (κ3) is 4.02. The molecule has 1 rings (SSSR count). The first-order valence-electron chi connectivity index (χ1n) is 6.15. The Hall–Kier alpha value is -1.06. The highest BCUT2D eigenvalue weighted by atomic mass is 16.7. The van der Waals surface area contributed by atoms with Crippen LogP contribution in [0.1, 0.15) is 43.9 Å². The maximum absolute atomic E-state index is 9.91. The number of aryl methyl sites for hydroxylation is 1. The summed E-state index contributed by atoms with van der Waals surface area (Å²) in [6.45, 7) is 4.30. The number of hydrogen-bond donors (Lipinski definition) is 1. The zero-order valence-electron chi connectivity index (χ0n) is 10.9. The number of methoxy groups -OCH3 is 1. The van der Waals surface area contributed by atoms with E-state index in [1.165, 1.54) is 5.56 Å². The molecule has 0 aliphatic rings. The maximum Gasteiger partial charge on any atom is 0.188 e. The molecule has 0 fully saturated rings. The number of aliphatic hydroxyl groups excluding tert-OH is 1. The average molecular weight is 238 g/mol. The maximum atomic E-state index is 9.91. The fraction of sp³-hybridized carbons (Fsp3) is 0.571. The SMILES string of the molecule is CCCc1ccc(C(O)CC)c(OCOC)c1. The van der Waals surface area contributed by atoms with Crippen molar-refractivity contribution in [2.75, 3.05) is 13.9 Å². The molecule has 0 radical (unpaired) electrons. The van der Waals surface area contributed by atoms with Gasteiger partial charge in [0.25, 0.3) is 0 Å². The third-order valence-electron chi connectivity index (χ3n) is 2.69. The Bertz CT molecular complexity index is 336. The van der Waals surface area contributed by atoms with Crippen molar-refractivity contribution in [1.29, 1.82) is 0 Å². The van der Waals surface area contributed by atoms with Crippen molar-refractivity contribution in [3.05, 3.63) is 29.3 Å². The number of hydrogen-bond acceptors (Lipinski definition) is 3. The molecule has 0 bridgehead atoms. The highest BCUT2D eigenvalue weighted by Crippen LogP contribution is 2.28. The highest BCUT2D eigenvalue weighted by molar-refractivity contribution is 5.39. The van der Waals surface area contributed by atoms with E-state index in [0.29, 0.717) is 6.42 Å². The molecule has 1 aromatic rings. The van der Waals surface area contributed by atoms with Gasteiger partial charge in [-0.2, -0.15) is 0 Å². The summed E-state index contributed by atoms with van der Waals surface area (Å²) in [5.41, 5.74) is 2.06. The van der Waals surface area contributed by atoms with Crippen LogP contribution in [0.15, 0.2) is 18.2 Å². The van der Waals surface area contributed by atoms with Crippen LogP contribution in [0.5, 0.6) is 5.75 Å². The van der Waals surface area contributed by atoms with Gasteiger partial charge in [0, 0.05) is 12.7 Å². The molecule has 0 aliphatic carbocycles. The molecule has 0 aliphatic heterocycles. The van der Waals surface area contributed by atoms with Crippen LogP contribution < -0.4 is 4.74 Å². The fourth-order valence-electron chi connectivity index (χ4n) is 1.77. The van der Waals surface area contributed by atoms with Crippen LogP contribution in [0.4, 0.5) is 0 Å². The molecule has 0 saturated heterocycles. The minimum Gasteiger partial charge on any atom is -0.467 e. The van der Waals surface area contributed by atoms with Gasteiger partial charge in [0.15, 0.2) is 6.79 Å². The number of benzene rings is 1. The molecule has 17 heavy (non-hydrogen) atoms. The smallest absolute Gasteiger partial charge is 0.188 e. The van der Waals surface area contributed by atoms with E-state index in [-0.39, 0.29) is 6.79 Å². The molecule has 0 spiro atoms. The van der Waals surface area contributed by atoms with Gasteiger partial charge in [0.05, 0.1) is 6.10 Å². The lowest BCUT2D eigenvalue weighted by Crippen LogP contribution is -2.05. The average Bonchev–Trinajstić information content (AvgIpc) is 2.36. The Morgan fingerprint density at radius 3 is 2.65 bits per heavy atom. The summed E-state index contributed by atoms with van der Waals surface area (Å²) in [6, 6.07) is 6.00. The van der Waals surface area contributed by atoms with Gasteiger partial charge in [-0.1, -0.05) is 32.4 Å². The summed E-state index contributed by atoms with van der Waals surface area (Å²) in [7, 11) is 1.59. The van der Waals surface area contributed by atoms with E-state index < -0.39 is 6.10 Å². The van der Waals surface area contributed by atoms with Crippen molar-refractivity contribution >= 4 is 0 Å². The number of aliphatic hydroxyl groups is 1. The standard InChI is InChI=1S/C14H22O3/c1-4-6-11-7-8-12(13(15)5-2)14(9-11)17-10-16-3/h7-9,13,15H,4-6,10H2,1-3H3. The Labute approximate surface area is 103 Å². The summed E-state index contributed by atoms with van der Waals surface area (Å²) in [5, 5.41) is 9.91. The lowest BCUT2D eigenvalue weighted by molar-refractivity contribution is 0.0478. The predicted octanol–water partition coefficient (Wildman–Crippen LogP) is 3.07. The van der Waals surface area contributed by atoms with Crippen molar-refractivity contribution in [2.45, 2.75) is 39.2 Å². The fourth-order valence-corrected chi connectivity index (χ4v) is 1.77. The highest BCUT2D eigenvalue weighted by Gasteiger charge is 2.12. The van der Waals surface area contributed by atoms with Crippen LogP contribution in [-0.2, 0) is 11.2 Å². The first-order chi connectivity index (χ1) is 8.22. The van der Waals surface area contributed by atoms with Gasteiger partial charge in [-0.05, 0) is 24.5 Å². The summed E-state index contributed by atoms with van der Waals surface area (Å²) in [6.07, 6.45) is 2.32. The molecule has 96 valence electrons. The van der Waals surface area contributed by atoms with E-state index >= 15 is 0 Å². The molecule has 1 atom stereocenters. The van der Waals surface area contributed by atoms with Gasteiger partial charge < -0.3 is 14.6 Å². The van der Waals surface area contributed by atoms with Crippen LogP contribution in [0.3, 0.4) is 0 Å². The van der Waals surface area contributed by atoms with E-state index in [0.717, 1.165) is 24.2 Å². The van der Waals surface area contributed by atoms with Gasteiger partial charge in [-0.25, -0.2) is 0 Å². The molecule has 0 heterocycles. The molecular weight excluding hydrogens is 216 g/mol. The van der Waals surface area contributed by atoms with Crippen molar-refractivity contribution in [1.82, 2.24) is 0 Å². The molecule has 0 aromatic heterocycles. The molecule has 0 amide bonds. The van der Waals surface area contributed by atoms with Gasteiger partial charge in [0.2, 0.25) is 0 Å². The molecule has 0 saturated carbocycles. The van der Waals surface area contributed by atoms with Crippen LogP contribution in [0.2, 0.25) is 0 Å².